The standard InChI is InChI=1S/C56H78N12O13/c1-5-33(4)48(55(79)66-45(26-36-16-20-39(71)21-17-36)53(77)63-41(56(80)81)13-9-10-22-57)68-54(78)46(30-69)67-52(76)44(25-35-14-18-38(70)19-15-35)62-47(72)29-60-50(74)43(24-34-11-7-6-8-12-34)65-51(75)42(23-32(2)3)64-49(73)40(58)27-37-28-59-31-61-37/h6-8,11-12,14-21,28,31-33,40-46,48,69-71H,5,9-10,13,22-27,29-30,57-58H2,1-4H3,(H,59,61)(H,60,74)(H,62,72)(H,63,77)(H,64,73)(H,65,75)(H,66,79)(H,67,76)(H,68,78)(H,80,81)/t33-,40-,41-,42-,43-,44-,45-,46-,48-/m0/s1. The Balaban J connectivity index is 1.51. The van der Waals surface area contributed by atoms with E-state index in [1.54, 1.807) is 44.2 Å². The van der Waals surface area contributed by atoms with Crippen LogP contribution in [-0.4, -0.2) is 152 Å². The number of aliphatic carboxylic acids is 1. The molecule has 25 nitrogen and oxygen atoms in total. The average Bonchev–Trinajstić information content (AvgIpc) is 3.96. The van der Waals surface area contributed by atoms with Gasteiger partial charge in [0.1, 0.15) is 53.8 Å². The number of aliphatic hydroxyl groups is 1. The van der Waals surface area contributed by atoms with Crippen LogP contribution in [0.1, 0.15) is 82.2 Å². The average molecular weight is 1130 g/mol. The number of phenols is 2. The van der Waals surface area contributed by atoms with Gasteiger partial charge in [-0.05, 0) is 85.0 Å². The normalized spacial score (nSPS) is 14.5. The zero-order valence-corrected chi connectivity index (χ0v) is 46.0. The summed E-state index contributed by atoms with van der Waals surface area (Å²) >= 11 is 0. The number of phenolic OH excluding ortho intramolecular Hbond substituents is 2. The van der Waals surface area contributed by atoms with Crippen LogP contribution in [0.4, 0.5) is 0 Å². The number of aromatic hydroxyl groups is 2. The number of nitrogens with two attached hydrogens (primary N) is 2. The van der Waals surface area contributed by atoms with Crippen LogP contribution in [0, 0.1) is 11.8 Å². The van der Waals surface area contributed by atoms with Crippen LogP contribution in [0.5, 0.6) is 11.5 Å². The number of aromatic nitrogens is 2. The summed E-state index contributed by atoms with van der Waals surface area (Å²) in [6.07, 6.45) is 4.11. The summed E-state index contributed by atoms with van der Waals surface area (Å²) in [5.74, 6) is -8.86. The third-order valence-corrected chi connectivity index (χ3v) is 13.2. The highest BCUT2D eigenvalue weighted by atomic mass is 16.4. The van der Waals surface area contributed by atoms with Crippen LogP contribution in [-0.2, 0) is 68.8 Å². The molecule has 0 saturated carbocycles. The Labute approximate surface area is 470 Å². The molecule has 3 aromatic carbocycles. The van der Waals surface area contributed by atoms with Crippen molar-refractivity contribution in [3.8, 4) is 11.5 Å². The number of unbranched alkanes of at least 4 members (excludes halogenated alkanes) is 1. The highest BCUT2D eigenvalue weighted by Crippen LogP contribution is 2.16. The number of aliphatic hydroxyl groups excluding tert-OH is 1. The van der Waals surface area contributed by atoms with Crippen LogP contribution >= 0.6 is 0 Å². The quantitative estimate of drug-likeness (QED) is 0.0255. The number of carboxylic acid groups (broad SMARTS) is 1. The minimum absolute atomic E-state index is 0.0311. The van der Waals surface area contributed by atoms with Gasteiger partial charge in [-0.15, -0.1) is 0 Å². The van der Waals surface area contributed by atoms with Crippen molar-refractivity contribution < 1.29 is 63.6 Å². The monoisotopic (exact) mass is 1130 g/mol. The number of benzene rings is 3. The lowest BCUT2D eigenvalue weighted by molar-refractivity contribution is -0.142. The lowest BCUT2D eigenvalue weighted by Crippen LogP contribution is -2.61. The first-order valence-corrected chi connectivity index (χ1v) is 26.9. The molecule has 4 aromatic rings. The summed E-state index contributed by atoms with van der Waals surface area (Å²) in [5, 5.41) is 60.8. The van der Waals surface area contributed by atoms with Crippen molar-refractivity contribution in [1.82, 2.24) is 52.5 Å². The van der Waals surface area contributed by atoms with E-state index in [1.165, 1.54) is 61.1 Å². The smallest absolute Gasteiger partial charge is 0.326 e. The van der Waals surface area contributed by atoms with Gasteiger partial charge >= 0.3 is 5.97 Å². The van der Waals surface area contributed by atoms with Gasteiger partial charge in [-0.3, -0.25) is 38.4 Å². The van der Waals surface area contributed by atoms with E-state index >= 15 is 0 Å². The summed E-state index contributed by atoms with van der Waals surface area (Å²) in [6.45, 7) is 5.65. The van der Waals surface area contributed by atoms with E-state index in [4.69, 9.17) is 11.5 Å². The zero-order valence-electron chi connectivity index (χ0n) is 46.0. The molecule has 0 aliphatic carbocycles. The largest absolute Gasteiger partial charge is 0.508 e. The van der Waals surface area contributed by atoms with E-state index in [0.717, 1.165) is 0 Å². The molecule has 0 saturated heterocycles. The van der Waals surface area contributed by atoms with E-state index in [-0.39, 0.29) is 55.9 Å². The summed E-state index contributed by atoms with van der Waals surface area (Å²) in [6, 6.07) is 9.40. The minimum Gasteiger partial charge on any atom is -0.508 e. The first-order chi connectivity index (χ1) is 38.6. The molecule has 440 valence electrons. The van der Waals surface area contributed by atoms with E-state index in [2.05, 4.69) is 52.5 Å². The lowest BCUT2D eigenvalue weighted by atomic mass is 9.96. The number of H-pyrrole nitrogens is 1. The van der Waals surface area contributed by atoms with Crippen LogP contribution in [0.25, 0.3) is 0 Å². The summed E-state index contributed by atoms with van der Waals surface area (Å²) < 4.78 is 0. The van der Waals surface area contributed by atoms with Gasteiger partial charge in [-0.25, -0.2) is 9.78 Å². The number of nitrogens with zero attached hydrogens (tertiary/aromatic N) is 1. The second-order valence-corrected chi connectivity index (χ2v) is 20.3. The highest BCUT2D eigenvalue weighted by Gasteiger charge is 2.35. The predicted molar refractivity (Wildman–Crippen MR) is 297 cm³/mol. The molecule has 0 unspecified atom stereocenters. The SMILES string of the molecule is CC[C@H](C)[C@H](NC(=O)[C@H](CO)NC(=O)[C@H](Cc1ccc(O)cc1)NC(=O)CNC(=O)[C@H](Cc1ccccc1)NC(=O)[C@H](CC(C)C)NC(=O)[C@@H](N)Cc1cnc[nH]1)C(=O)N[C@@H](Cc1ccc(O)cc1)C(=O)N[C@@H](CCCCN)C(=O)O. The van der Waals surface area contributed by atoms with Crippen LogP contribution < -0.4 is 54.0 Å². The van der Waals surface area contributed by atoms with E-state index < -0.39 is 121 Å². The fraction of sp³-hybridized carbons (Fsp3) is 0.464. The maximum absolute atomic E-state index is 14.2. The Hall–Kier alpha value is -8.42. The number of carboxylic acids is 1. The zero-order chi connectivity index (χ0) is 59.6. The van der Waals surface area contributed by atoms with E-state index in [0.29, 0.717) is 48.2 Å². The van der Waals surface area contributed by atoms with Crippen LogP contribution in [0.3, 0.4) is 0 Å². The van der Waals surface area contributed by atoms with Crippen molar-refractivity contribution in [3.05, 3.63) is 114 Å². The Morgan fingerprint density at radius 1 is 0.580 bits per heavy atom. The highest BCUT2D eigenvalue weighted by molar-refractivity contribution is 5.97. The van der Waals surface area contributed by atoms with Gasteiger partial charge in [0.05, 0.1) is 25.5 Å². The van der Waals surface area contributed by atoms with Crippen LogP contribution in [0.15, 0.2) is 91.4 Å². The molecule has 1 heterocycles. The first-order valence-electron chi connectivity index (χ1n) is 26.9. The number of amides is 8. The second-order valence-electron chi connectivity index (χ2n) is 20.3. The molecule has 25 heteroatoms. The number of hydrogen-bond acceptors (Lipinski definition) is 15. The van der Waals surface area contributed by atoms with Gasteiger partial charge in [-0.2, -0.15) is 0 Å². The summed E-state index contributed by atoms with van der Waals surface area (Å²) in [7, 11) is 0. The number of carbonyl (C=O) groups excluding carboxylic acids is 8. The fourth-order valence-corrected chi connectivity index (χ4v) is 8.44. The minimum atomic E-state index is -1.73. The molecule has 0 aliphatic heterocycles. The Morgan fingerprint density at radius 3 is 1.59 bits per heavy atom. The predicted octanol–water partition coefficient (Wildman–Crippen LogP) is -0.773. The Kier molecular flexibility index (Phi) is 26.7. The van der Waals surface area contributed by atoms with Gasteiger partial charge in [0.2, 0.25) is 47.3 Å². The topological polar surface area (TPSA) is 412 Å². The number of rotatable bonds is 34. The van der Waals surface area contributed by atoms with Crippen molar-refractivity contribution in [3.63, 3.8) is 0 Å². The molecule has 0 bridgehead atoms. The Bertz CT molecular complexity index is 2680. The van der Waals surface area contributed by atoms with Crippen molar-refractivity contribution in [2.24, 2.45) is 23.3 Å². The van der Waals surface area contributed by atoms with Crippen molar-refractivity contribution in [2.45, 2.75) is 134 Å². The van der Waals surface area contributed by atoms with Gasteiger partial charge < -0.3 is 79.4 Å². The molecule has 0 aliphatic rings. The molecule has 0 radical (unpaired) electrons. The maximum atomic E-state index is 14.2. The summed E-state index contributed by atoms with van der Waals surface area (Å²) in [5.41, 5.74) is 13.9. The summed E-state index contributed by atoms with van der Waals surface area (Å²) in [4.78, 5) is 130. The van der Waals surface area contributed by atoms with E-state index in [1.807, 2.05) is 13.8 Å². The molecule has 17 N–H and O–H groups in total. The molecule has 8 amide bonds. The third-order valence-electron chi connectivity index (χ3n) is 13.2. The molecular formula is C56H78N12O13. The number of imidazole rings is 1. The van der Waals surface area contributed by atoms with Gasteiger partial charge in [0.15, 0.2) is 0 Å². The second kappa shape index (κ2) is 33.2. The number of hydrogen-bond donors (Lipinski definition) is 15. The molecule has 1 aromatic heterocycles. The van der Waals surface area contributed by atoms with Crippen molar-refractivity contribution in [1.29, 1.82) is 0 Å². The van der Waals surface area contributed by atoms with Gasteiger partial charge in [-0.1, -0.05) is 88.7 Å². The van der Waals surface area contributed by atoms with Crippen molar-refractivity contribution in [2.75, 3.05) is 19.7 Å². The molecule has 4 rings (SSSR count). The molecule has 0 fully saturated rings. The molecule has 9 atom stereocenters. The third kappa shape index (κ3) is 22.3. The molecule has 81 heavy (non-hydrogen) atoms. The molecule has 0 spiro atoms. The van der Waals surface area contributed by atoms with E-state index in [9.17, 15) is 63.6 Å². The van der Waals surface area contributed by atoms with Crippen molar-refractivity contribution >= 4 is 53.2 Å². The number of aromatic amines is 1. The van der Waals surface area contributed by atoms with Gasteiger partial charge in [0, 0.05) is 37.6 Å². The maximum Gasteiger partial charge on any atom is 0.326 e. The van der Waals surface area contributed by atoms with Gasteiger partial charge in [0.25, 0.3) is 0 Å². The Morgan fingerprint density at radius 2 is 1.07 bits per heavy atom. The first kappa shape index (κ1) is 65.1. The van der Waals surface area contributed by atoms with Crippen LogP contribution in [0.2, 0.25) is 0 Å². The number of nitrogens with one attached hydrogen (secondary N) is 9. The fourth-order valence-electron chi connectivity index (χ4n) is 8.44. The number of carbonyl (C=O) groups is 9. The lowest BCUT2D eigenvalue weighted by Gasteiger charge is -2.29. The molecular weight excluding hydrogens is 1050 g/mol.